The lowest BCUT2D eigenvalue weighted by atomic mass is 10.2. The van der Waals surface area contributed by atoms with Crippen LogP contribution in [0, 0.1) is 11.6 Å². The Bertz CT molecular complexity index is 516. The van der Waals surface area contributed by atoms with Gasteiger partial charge in [0, 0.05) is 11.6 Å². The van der Waals surface area contributed by atoms with Crippen molar-refractivity contribution in [2.45, 2.75) is 6.61 Å². The van der Waals surface area contributed by atoms with Gasteiger partial charge in [-0.2, -0.15) is 0 Å². The van der Waals surface area contributed by atoms with Gasteiger partial charge >= 0.3 is 0 Å². The van der Waals surface area contributed by atoms with Gasteiger partial charge in [-0.3, -0.25) is 0 Å². The van der Waals surface area contributed by atoms with E-state index in [9.17, 15) is 8.78 Å². The molecule has 0 bridgehead atoms. The Kier molecular flexibility index (Phi) is 3.54. The van der Waals surface area contributed by atoms with E-state index < -0.39 is 11.6 Å². The topological polar surface area (TPSA) is 22.1 Å². The Hall–Kier alpha value is -1.68. The van der Waals surface area contributed by atoms with E-state index in [4.69, 9.17) is 16.3 Å². The van der Waals surface area contributed by atoms with Crippen molar-refractivity contribution in [3.63, 3.8) is 0 Å². The van der Waals surface area contributed by atoms with Crippen molar-refractivity contribution >= 4 is 11.6 Å². The van der Waals surface area contributed by atoms with Gasteiger partial charge in [0.2, 0.25) is 0 Å². The molecular formula is C12H8ClF2NO. The van der Waals surface area contributed by atoms with Gasteiger partial charge in [-0.25, -0.2) is 13.8 Å². The maximum Gasteiger partial charge on any atom is 0.138 e. The van der Waals surface area contributed by atoms with Crippen LogP contribution in [0.5, 0.6) is 5.75 Å². The third-order valence-corrected chi connectivity index (χ3v) is 2.33. The lowest BCUT2D eigenvalue weighted by Crippen LogP contribution is -1.99. The highest BCUT2D eigenvalue weighted by Crippen LogP contribution is 2.16. The minimum absolute atomic E-state index is 0.00935. The molecule has 2 aromatic rings. The fourth-order valence-corrected chi connectivity index (χ4v) is 1.36. The molecule has 0 radical (unpaired) electrons. The largest absolute Gasteiger partial charge is 0.487 e. The quantitative estimate of drug-likeness (QED) is 0.782. The summed E-state index contributed by atoms with van der Waals surface area (Å²) in [6.07, 6.45) is 1.43. The molecule has 2 rings (SSSR count). The molecule has 0 amide bonds. The van der Waals surface area contributed by atoms with E-state index in [0.29, 0.717) is 10.9 Å². The molecule has 0 spiro atoms. The highest BCUT2D eigenvalue weighted by Gasteiger charge is 2.04. The van der Waals surface area contributed by atoms with Crippen LogP contribution in [0.1, 0.15) is 5.56 Å². The Morgan fingerprint density at radius 1 is 1.18 bits per heavy atom. The van der Waals surface area contributed by atoms with Gasteiger partial charge in [-0.15, -0.1) is 0 Å². The normalized spacial score (nSPS) is 10.3. The van der Waals surface area contributed by atoms with Crippen LogP contribution in [0.15, 0.2) is 36.5 Å². The fourth-order valence-electron chi connectivity index (χ4n) is 1.25. The van der Waals surface area contributed by atoms with E-state index in [2.05, 4.69) is 4.98 Å². The van der Waals surface area contributed by atoms with Gasteiger partial charge in [0.1, 0.15) is 29.1 Å². The average Bonchev–Trinajstić information content (AvgIpc) is 2.30. The minimum Gasteiger partial charge on any atom is -0.487 e. The van der Waals surface area contributed by atoms with Gasteiger partial charge in [-0.1, -0.05) is 11.6 Å². The van der Waals surface area contributed by atoms with Gasteiger partial charge in [0.15, 0.2) is 0 Å². The van der Waals surface area contributed by atoms with Crippen LogP contribution in [0.3, 0.4) is 0 Å². The van der Waals surface area contributed by atoms with E-state index in [1.807, 2.05) is 0 Å². The fraction of sp³-hybridized carbons (Fsp3) is 0.0833. The van der Waals surface area contributed by atoms with E-state index in [0.717, 1.165) is 6.07 Å². The zero-order valence-corrected chi connectivity index (χ0v) is 9.42. The number of nitrogens with zero attached hydrogens (tertiary/aromatic N) is 1. The van der Waals surface area contributed by atoms with Crippen LogP contribution >= 0.6 is 11.6 Å². The van der Waals surface area contributed by atoms with Crippen LogP contribution in [0.25, 0.3) is 0 Å². The van der Waals surface area contributed by atoms with Crippen LogP contribution in [-0.2, 0) is 6.61 Å². The second-order valence-electron chi connectivity index (χ2n) is 3.34. The van der Waals surface area contributed by atoms with Crippen molar-refractivity contribution in [3.05, 3.63) is 58.9 Å². The number of hydrogen-bond acceptors (Lipinski definition) is 2. The van der Waals surface area contributed by atoms with Crippen molar-refractivity contribution < 1.29 is 13.5 Å². The molecule has 0 aliphatic heterocycles. The summed E-state index contributed by atoms with van der Waals surface area (Å²) in [4.78, 5) is 3.81. The summed E-state index contributed by atoms with van der Waals surface area (Å²) in [5, 5.41) is 0.352. The minimum atomic E-state index is -0.632. The first-order valence-corrected chi connectivity index (χ1v) is 5.21. The molecule has 1 aromatic heterocycles. The number of ether oxygens (including phenoxy) is 1. The van der Waals surface area contributed by atoms with E-state index >= 15 is 0 Å². The monoisotopic (exact) mass is 255 g/mol. The number of pyridine rings is 1. The zero-order valence-electron chi connectivity index (χ0n) is 8.66. The molecule has 0 aliphatic carbocycles. The summed E-state index contributed by atoms with van der Waals surface area (Å²) >= 11 is 5.60. The predicted molar refractivity (Wildman–Crippen MR) is 59.9 cm³/mol. The lowest BCUT2D eigenvalue weighted by Gasteiger charge is -2.06. The Morgan fingerprint density at radius 2 is 2.00 bits per heavy atom. The van der Waals surface area contributed by atoms with Crippen LogP contribution in [0.2, 0.25) is 5.15 Å². The molecule has 0 atom stereocenters. The number of benzene rings is 1. The van der Waals surface area contributed by atoms with Crippen LogP contribution < -0.4 is 4.74 Å². The van der Waals surface area contributed by atoms with Crippen molar-refractivity contribution in [1.82, 2.24) is 4.98 Å². The maximum atomic E-state index is 13.3. The number of halogens is 3. The molecule has 2 nitrogen and oxygen atoms in total. The first kappa shape index (κ1) is 11.8. The zero-order chi connectivity index (χ0) is 12.3. The maximum absolute atomic E-state index is 13.3. The van der Waals surface area contributed by atoms with E-state index in [-0.39, 0.29) is 12.2 Å². The highest BCUT2D eigenvalue weighted by atomic mass is 35.5. The number of rotatable bonds is 3. The first-order chi connectivity index (χ1) is 8.15. The molecule has 88 valence electrons. The summed E-state index contributed by atoms with van der Waals surface area (Å²) in [5.41, 5.74) is 0.279. The second-order valence-corrected chi connectivity index (χ2v) is 3.73. The van der Waals surface area contributed by atoms with Gasteiger partial charge < -0.3 is 4.74 Å². The number of aromatic nitrogens is 1. The third-order valence-electron chi connectivity index (χ3n) is 2.11. The standard InChI is InChI=1S/C12H8ClF2NO/c13-12-4-3-10(6-16-12)17-7-8-1-2-9(14)5-11(8)15/h1-6H,7H2. The van der Waals surface area contributed by atoms with E-state index in [1.54, 1.807) is 12.1 Å². The van der Waals surface area contributed by atoms with Crippen LogP contribution in [0.4, 0.5) is 8.78 Å². The summed E-state index contributed by atoms with van der Waals surface area (Å²) in [6, 6.07) is 6.53. The molecule has 0 N–H and O–H groups in total. The van der Waals surface area contributed by atoms with Crippen molar-refractivity contribution in [2.24, 2.45) is 0 Å². The van der Waals surface area contributed by atoms with Crippen molar-refractivity contribution in [3.8, 4) is 5.75 Å². The smallest absolute Gasteiger partial charge is 0.138 e. The summed E-state index contributed by atoms with van der Waals surface area (Å²) in [7, 11) is 0. The predicted octanol–water partition coefficient (Wildman–Crippen LogP) is 3.59. The van der Waals surface area contributed by atoms with E-state index in [1.165, 1.54) is 18.3 Å². The third kappa shape index (κ3) is 3.14. The Balaban J connectivity index is 2.04. The molecule has 1 heterocycles. The molecule has 0 saturated carbocycles. The molecule has 1 aromatic carbocycles. The van der Waals surface area contributed by atoms with Gasteiger partial charge in [0.05, 0.1) is 6.20 Å². The molecule has 0 unspecified atom stereocenters. The first-order valence-electron chi connectivity index (χ1n) is 4.83. The van der Waals surface area contributed by atoms with Gasteiger partial charge in [-0.05, 0) is 24.3 Å². The molecule has 0 saturated heterocycles. The Morgan fingerprint density at radius 3 is 2.65 bits per heavy atom. The SMILES string of the molecule is Fc1ccc(COc2ccc(Cl)nc2)c(F)c1. The second kappa shape index (κ2) is 5.10. The number of hydrogen-bond donors (Lipinski definition) is 0. The van der Waals surface area contributed by atoms with Gasteiger partial charge in [0.25, 0.3) is 0 Å². The summed E-state index contributed by atoms with van der Waals surface area (Å²) < 4.78 is 31.2. The summed E-state index contributed by atoms with van der Waals surface area (Å²) in [6.45, 7) is 0.00935. The van der Waals surface area contributed by atoms with Crippen molar-refractivity contribution in [2.75, 3.05) is 0 Å². The van der Waals surface area contributed by atoms with Crippen LogP contribution in [-0.4, -0.2) is 4.98 Å². The molecular weight excluding hydrogens is 248 g/mol. The lowest BCUT2D eigenvalue weighted by molar-refractivity contribution is 0.298. The Labute approximate surface area is 102 Å². The van der Waals surface area contributed by atoms with Crippen molar-refractivity contribution in [1.29, 1.82) is 0 Å². The molecule has 0 fully saturated rings. The average molecular weight is 256 g/mol. The highest BCUT2D eigenvalue weighted by molar-refractivity contribution is 6.29. The molecule has 0 aliphatic rings. The molecule has 5 heteroatoms. The molecule has 17 heavy (non-hydrogen) atoms. The summed E-state index contributed by atoms with van der Waals surface area (Å²) in [5.74, 6) is -0.774.